The van der Waals surface area contributed by atoms with Gasteiger partial charge in [0.05, 0.1) is 22.5 Å². The first-order valence-electron chi connectivity index (χ1n) is 5.62. The number of nitrogens with zero attached hydrogens (tertiary/aromatic N) is 1. The Labute approximate surface area is 127 Å². The van der Waals surface area contributed by atoms with Crippen LogP contribution >= 0.6 is 0 Å². The molecule has 6 nitrogen and oxygen atoms in total. The predicted octanol–water partition coefficient (Wildman–Crippen LogP) is 1.40. The van der Waals surface area contributed by atoms with E-state index in [-0.39, 0.29) is 9.27 Å². The lowest BCUT2D eigenvalue weighted by molar-refractivity contribution is 0.0918. The summed E-state index contributed by atoms with van der Waals surface area (Å²) in [7, 11) is 0. The van der Waals surface area contributed by atoms with Gasteiger partial charge in [0.25, 0.3) is 5.91 Å². The molecule has 0 saturated heterocycles. The van der Waals surface area contributed by atoms with Crippen LogP contribution in [0.15, 0.2) is 66.7 Å². The van der Waals surface area contributed by atoms with Crippen molar-refractivity contribution in [2.24, 2.45) is 0 Å². The maximum atomic E-state index is 11.4. The Morgan fingerprint density at radius 3 is 1.43 bits per heavy atom. The summed E-state index contributed by atoms with van der Waals surface area (Å²) >= 11 is -6.29. The fraction of sp³-hybridized carbons (Fsp3) is 0. The number of carbonyl (C=O) groups excluding carboxylic acids is 1. The van der Waals surface area contributed by atoms with Crippen molar-refractivity contribution in [2.45, 2.75) is 0 Å². The third-order valence-electron chi connectivity index (χ3n) is 2.12. The Bertz CT molecular complexity index is 566. The van der Waals surface area contributed by atoms with Crippen molar-refractivity contribution in [3.63, 3.8) is 0 Å². The van der Waals surface area contributed by atoms with Gasteiger partial charge in [-0.2, -0.15) is 3.71 Å². The molecule has 0 saturated carbocycles. The molecule has 1 amide bonds. The number of hydrogen-bond acceptors (Lipinski definition) is 5. The van der Waals surface area contributed by atoms with Crippen LogP contribution in [0.1, 0.15) is 10.4 Å². The van der Waals surface area contributed by atoms with E-state index >= 15 is 0 Å². The molecule has 0 bridgehead atoms. The van der Waals surface area contributed by atoms with Crippen molar-refractivity contribution in [1.29, 1.82) is 0 Å². The lowest BCUT2D eigenvalue weighted by Gasteiger charge is -2.25. The van der Waals surface area contributed by atoms with Gasteiger partial charge >= 0.3 is 0 Å². The summed E-state index contributed by atoms with van der Waals surface area (Å²) in [6, 6.07) is 19.2. The summed E-state index contributed by atoms with van der Waals surface area (Å²) in [5.74, 6) is -1.11. The van der Waals surface area contributed by atoms with Crippen molar-refractivity contribution >= 4 is 28.4 Å². The minimum absolute atomic E-state index is 0.0223. The van der Waals surface area contributed by atoms with Crippen LogP contribution in [0.5, 0.6) is 0 Å². The van der Waals surface area contributed by atoms with Gasteiger partial charge in [-0.15, -0.1) is 0 Å². The SMILES string of the molecule is O=C(c1ccccc1)N(S(=O)[O-])S(=O)[O-].c1ccccc1. The van der Waals surface area contributed by atoms with Gasteiger partial charge in [0.2, 0.25) is 0 Å². The van der Waals surface area contributed by atoms with Gasteiger partial charge in [0.1, 0.15) is 0 Å². The fourth-order valence-electron chi connectivity index (χ4n) is 1.26. The van der Waals surface area contributed by atoms with E-state index in [1.54, 1.807) is 6.07 Å². The summed E-state index contributed by atoms with van der Waals surface area (Å²) in [6.45, 7) is 0. The maximum absolute atomic E-state index is 11.4. The Morgan fingerprint density at radius 2 is 1.10 bits per heavy atom. The number of carbonyl (C=O) groups is 1. The van der Waals surface area contributed by atoms with E-state index in [4.69, 9.17) is 0 Å². The van der Waals surface area contributed by atoms with Crippen LogP contribution in [-0.4, -0.2) is 27.1 Å². The van der Waals surface area contributed by atoms with Gasteiger partial charge in [0.15, 0.2) is 0 Å². The molecule has 0 aliphatic rings. The zero-order chi connectivity index (χ0) is 15.7. The molecule has 0 spiro atoms. The molecule has 2 unspecified atom stereocenters. The topological polar surface area (TPSA) is 101 Å². The average molecular weight is 325 g/mol. The first kappa shape index (κ1) is 17.2. The van der Waals surface area contributed by atoms with E-state index < -0.39 is 28.4 Å². The molecule has 0 radical (unpaired) electrons. The molecule has 2 rings (SSSR count). The quantitative estimate of drug-likeness (QED) is 0.794. The number of hydrogen-bond donors (Lipinski definition) is 0. The van der Waals surface area contributed by atoms with Gasteiger partial charge in [-0.3, -0.25) is 13.2 Å². The third-order valence-corrected chi connectivity index (χ3v) is 3.73. The molecule has 0 fully saturated rings. The second-order valence-electron chi connectivity index (χ2n) is 3.52. The lowest BCUT2D eigenvalue weighted by atomic mass is 10.2. The minimum atomic E-state index is -3.14. The second kappa shape index (κ2) is 9.14. The van der Waals surface area contributed by atoms with Crippen molar-refractivity contribution in [2.75, 3.05) is 0 Å². The zero-order valence-electron chi connectivity index (χ0n) is 10.7. The fourth-order valence-corrected chi connectivity index (χ4v) is 2.14. The highest BCUT2D eigenvalue weighted by atomic mass is 32.3. The van der Waals surface area contributed by atoms with Crippen LogP contribution in [0.4, 0.5) is 0 Å². The first-order chi connectivity index (χ1) is 10.0. The molecule has 2 atom stereocenters. The maximum Gasteiger partial charge on any atom is 0.276 e. The summed E-state index contributed by atoms with van der Waals surface area (Å²) in [5.41, 5.74) is -0.0223. The molecule has 0 aromatic heterocycles. The highest BCUT2D eigenvalue weighted by Crippen LogP contribution is 2.07. The van der Waals surface area contributed by atoms with Gasteiger partial charge in [-0.25, -0.2) is 0 Å². The van der Waals surface area contributed by atoms with Crippen molar-refractivity contribution in [1.82, 2.24) is 3.71 Å². The normalized spacial score (nSPS) is 12.5. The van der Waals surface area contributed by atoms with Crippen LogP contribution in [0.2, 0.25) is 0 Å². The largest absolute Gasteiger partial charge is 0.754 e. The number of amides is 1. The van der Waals surface area contributed by atoms with E-state index in [0.29, 0.717) is 0 Å². The van der Waals surface area contributed by atoms with Gasteiger partial charge in [0, 0.05) is 5.56 Å². The molecule has 21 heavy (non-hydrogen) atoms. The Balaban J connectivity index is 0.000000304. The van der Waals surface area contributed by atoms with Crippen molar-refractivity contribution in [3.8, 4) is 0 Å². The first-order valence-corrected chi connectivity index (χ1v) is 7.68. The molecule has 0 heterocycles. The molecule has 2 aromatic rings. The van der Waals surface area contributed by atoms with E-state index in [1.165, 1.54) is 24.3 Å². The molecular weight excluding hydrogens is 314 g/mol. The standard InChI is InChI=1S/C7H7NO5S2.C6H6/c9-7(6-4-2-1-3-5-6)8(14(10)11)15(12)13;1-2-4-6-5-3-1/h1-5H,(H,10,11)(H,12,13);1-6H/p-2. The highest BCUT2D eigenvalue weighted by molar-refractivity contribution is 7.93. The van der Waals surface area contributed by atoms with Crippen LogP contribution in [0.25, 0.3) is 0 Å². The van der Waals surface area contributed by atoms with Crippen molar-refractivity contribution < 1.29 is 22.3 Å². The molecule has 8 heteroatoms. The molecule has 2 aromatic carbocycles. The van der Waals surface area contributed by atoms with Gasteiger partial charge in [-0.1, -0.05) is 54.6 Å². The smallest absolute Gasteiger partial charge is 0.276 e. The highest BCUT2D eigenvalue weighted by Gasteiger charge is 2.16. The van der Waals surface area contributed by atoms with E-state index in [1.807, 2.05) is 36.4 Å². The Kier molecular flexibility index (Phi) is 7.48. The van der Waals surface area contributed by atoms with Crippen molar-refractivity contribution in [3.05, 3.63) is 72.3 Å². The van der Waals surface area contributed by atoms with E-state index in [9.17, 15) is 22.3 Å². The molecule has 0 aliphatic carbocycles. The molecule has 0 N–H and O–H groups in total. The van der Waals surface area contributed by atoms with Crippen LogP contribution in [-0.2, 0) is 22.5 Å². The Morgan fingerprint density at radius 1 is 0.762 bits per heavy atom. The summed E-state index contributed by atoms with van der Waals surface area (Å²) in [4.78, 5) is 11.4. The second-order valence-corrected chi connectivity index (χ2v) is 5.35. The number of rotatable bonds is 3. The molecule has 112 valence electrons. The van der Waals surface area contributed by atoms with Gasteiger partial charge in [-0.05, 0) is 12.1 Å². The summed E-state index contributed by atoms with van der Waals surface area (Å²) < 4.78 is 41.6. The Hall–Kier alpha value is -1.87. The average Bonchev–Trinajstić information content (AvgIpc) is 2.50. The van der Waals surface area contributed by atoms with E-state index in [0.717, 1.165) is 0 Å². The minimum Gasteiger partial charge on any atom is -0.754 e. The monoisotopic (exact) mass is 325 g/mol. The van der Waals surface area contributed by atoms with Crippen LogP contribution < -0.4 is 0 Å². The molecular formula is C13H11NO5S2-2. The predicted molar refractivity (Wildman–Crippen MR) is 76.9 cm³/mol. The lowest BCUT2D eigenvalue weighted by Crippen LogP contribution is -2.34. The number of benzene rings is 2. The van der Waals surface area contributed by atoms with Crippen LogP contribution in [0.3, 0.4) is 0 Å². The zero-order valence-corrected chi connectivity index (χ0v) is 12.3. The van der Waals surface area contributed by atoms with E-state index in [2.05, 4.69) is 0 Å². The summed E-state index contributed by atoms with van der Waals surface area (Å²) in [6.07, 6.45) is 0. The molecule has 0 aliphatic heterocycles. The summed E-state index contributed by atoms with van der Waals surface area (Å²) in [5, 5.41) is 0. The van der Waals surface area contributed by atoms with Crippen LogP contribution in [0, 0.1) is 0 Å². The third kappa shape index (κ3) is 5.96. The van der Waals surface area contributed by atoms with Gasteiger partial charge < -0.3 is 9.11 Å².